The van der Waals surface area contributed by atoms with E-state index in [0.717, 1.165) is 0 Å². The van der Waals surface area contributed by atoms with Crippen LogP contribution in [0.2, 0.25) is 0 Å². The lowest BCUT2D eigenvalue weighted by molar-refractivity contribution is 0.867. The number of benzene rings is 3. The van der Waals surface area contributed by atoms with Gasteiger partial charge in [0, 0.05) is 0 Å². The maximum Gasteiger partial charge on any atom is -0.0175 e. The van der Waals surface area contributed by atoms with Crippen LogP contribution in [0.4, 0.5) is 0 Å². The fraction of sp³-hybridized carbons (Fsp3) is 0.273. The molecule has 0 heterocycles. The van der Waals surface area contributed by atoms with Gasteiger partial charge in [-0.25, -0.2) is 0 Å². The van der Waals surface area contributed by atoms with Crippen LogP contribution < -0.4 is 0 Å². The van der Waals surface area contributed by atoms with E-state index in [-0.39, 0.29) is 0 Å². The third kappa shape index (κ3) is 2.92. The van der Waals surface area contributed by atoms with Gasteiger partial charge in [0.15, 0.2) is 0 Å². The van der Waals surface area contributed by atoms with Crippen molar-refractivity contribution in [2.24, 2.45) is 0 Å². The Kier molecular flexibility index (Phi) is 4.02. The predicted octanol–water partition coefficient (Wildman–Crippen LogP) is 6.75. The summed E-state index contributed by atoms with van der Waals surface area (Å²) >= 11 is 0. The molecule has 0 N–H and O–H groups in total. The highest BCUT2D eigenvalue weighted by Gasteiger charge is 2.05. The lowest BCUT2D eigenvalue weighted by atomic mass is 9.94. The van der Waals surface area contributed by atoms with Gasteiger partial charge in [0.25, 0.3) is 0 Å². The molecule has 0 bridgehead atoms. The topological polar surface area (TPSA) is 0 Å². The van der Waals surface area contributed by atoms with Crippen molar-refractivity contribution >= 4 is 10.8 Å². The first-order valence-corrected chi connectivity index (χ1v) is 8.18. The maximum atomic E-state index is 2.33. The zero-order valence-corrected chi connectivity index (χ0v) is 13.9. The standard InChI is InChI=1S/C22H24/c1-15(2)18-6-5-7-20(12-18)21-11-9-17-8-10-19(16(3)4)13-22(17)14-21/h5-16H,1-4H3. The Morgan fingerprint density at radius 2 is 1.18 bits per heavy atom. The molecule has 0 atom stereocenters. The number of fused-ring (bicyclic) bond motifs is 1. The highest BCUT2D eigenvalue weighted by atomic mass is 14.1. The van der Waals surface area contributed by atoms with Crippen LogP contribution >= 0.6 is 0 Å². The van der Waals surface area contributed by atoms with Crippen LogP contribution in [-0.4, -0.2) is 0 Å². The molecular weight excluding hydrogens is 264 g/mol. The Morgan fingerprint density at radius 1 is 0.545 bits per heavy atom. The zero-order valence-electron chi connectivity index (χ0n) is 13.9. The minimum absolute atomic E-state index is 0.563. The molecule has 0 nitrogen and oxygen atoms in total. The van der Waals surface area contributed by atoms with E-state index in [2.05, 4.69) is 88.4 Å². The SMILES string of the molecule is CC(C)c1cccc(-c2ccc3ccc(C(C)C)cc3c2)c1. The van der Waals surface area contributed by atoms with Crippen LogP contribution in [0.25, 0.3) is 21.9 Å². The van der Waals surface area contributed by atoms with E-state index in [0.29, 0.717) is 11.8 Å². The number of hydrogen-bond acceptors (Lipinski definition) is 0. The fourth-order valence-electron chi connectivity index (χ4n) is 2.88. The lowest BCUT2D eigenvalue weighted by Crippen LogP contribution is -1.89. The summed E-state index contributed by atoms with van der Waals surface area (Å²) in [6.07, 6.45) is 0. The monoisotopic (exact) mass is 288 g/mol. The van der Waals surface area contributed by atoms with Crippen LogP contribution in [0.5, 0.6) is 0 Å². The second kappa shape index (κ2) is 5.96. The van der Waals surface area contributed by atoms with Crippen molar-refractivity contribution in [1.29, 1.82) is 0 Å². The van der Waals surface area contributed by atoms with Crippen molar-refractivity contribution in [3.05, 3.63) is 71.8 Å². The summed E-state index contributed by atoms with van der Waals surface area (Å²) in [5, 5.41) is 2.65. The minimum Gasteiger partial charge on any atom is -0.0614 e. The van der Waals surface area contributed by atoms with Crippen LogP contribution in [0.3, 0.4) is 0 Å². The molecule has 0 spiro atoms. The molecule has 0 aliphatic carbocycles. The van der Waals surface area contributed by atoms with Crippen LogP contribution in [0, 0.1) is 0 Å². The van der Waals surface area contributed by atoms with Crippen LogP contribution in [0.1, 0.15) is 50.7 Å². The highest BCUT2D eigenvalue weighted by molar-refractivity contribution is 5.88. The highest BCUT2D eigenvalue weighted by Crippen LogP contribution is 2.28. The summed E-state index contributed by atoms with van der Waals surface area (Å²) in [6, 6.07) is 22.5. The Balaban J connectivity index is 2.09. The molecular formula is C22H24. The Morgan fingerprint density at radius 3 is 1.91 bits per heavy atom. The fourth-order valence-corrected chi connectivity index (χ4v) is 2.88. The van der Waals surface area contributed by atoms with E-state index in [1.54, 1.807) is 0 Å². The summed E-state index contributed by atoms with van der Waals surface area (Å²) in [5.74, 6) is 1.13. The molecule has 0 unspecified atom stereocenters. The smallest absolute Gasteiger partial charge is 0.0175 e. The summed E-state index contributed by atoms with van der Waals surface area (Å²) in [5.41, 5.74) is 5.41. The average Bonchev–Trinajstić information content (AvgIpc) is 2.53. The zero-order chi connectivity index (χ0) is 15.7. The van der Waals surface area contributed by atoms with E-state index < -0.39 is 0 Å². The van der Waals surface area contributed by atoms with E-state index in [4.69, 9.17) is 0 Å². The molecule has 0 radical (unpaired) electrons. The normalized spacial score (nSPS) is 11.5. The van der Waals surface area contributed by atoms with Gasteiger partial charge in [0.2, 0.25) is 0 Å². The molecule has 112 valence electrons. The Hall–Kier alpha value is -2.08. The van der Waals surface area contributed by atoms with E-state index in [9.17, 15) is 0 Å². The Labute approximate surface area is 133 Å². The van der Waals surface area contributed by atoms with Crippen molar-refractivity contribution in [1.82, 2.24) is 0 Å². The molecule has 0 aliphatic heterocycles. The predicted molar refractivity (Wildman–Crippen MR) is 97.6 cm³/mol. The van der Waals surface area contributed by atoms with E-state index in [1.807, 2.05) is 0 Å². The summed E-state index contributed by atoms with van der Waals surface area (Å²) in [6.45, 7) is 8.98. The first-order chi connectivity index (χ1) is 10.5. The Bertz CT molecular complexity index is 794. The second-order valence-corrected chi connectivity index (χ2v) is 6.76. The molecule has 0 amide bonds. The first-order valence-electron chi connectivity index (χ1n) is 8.18. The van der Waals surface area contributed by atoms with Crippen LogP contribution in [0.15, 0.2) is 60.7 Å². The first kappa shape index (κ1) is 14.8. The molecule has 0 saturated carbocycles. The number of hydrogen-bond donors (Lipinski definition) is 0. The third-order valence-corrected chi connectivity index (χ3v) is 4.42. The second-order valence-electron chi connectivity index (χ2n) is 6.76. The van der Waals surface area contributed by atoms with E-state index >= 15 is 0 Å². The van der Waals surface area contributed by atoms with Crippen molar-refractivity contribution in [2.75, 3.05) is 0 Å². The van der Waals surface area contributed by atoms with E-state index in [1.165, 1.54) is 33.0 Å². The van der Waals surface area contributed by atoms with Crippen molar-refractivity contribution in [3.63, 3.8) is 0 Å². The molecule has 0 aliphatic rings. The lowest BCUT2D eigenvalue weighted by Gasteiger charge is -2.11. The summed E-state index contributed by atoms with van der Waals surface area (Å²) in [7, 11) is 0. The molecule has 3 rings (SSSR count). The average molecular weight is 288 g/mol. The molecule has 3 aromatic rings. The maximum absolute atomic E-state index is 2.33. The summed E-state index contributed by atoms with van der Waals surface area (Å²) in [4.78, 5) is 0. The largest absolute Gasteiger partial charge is 0.0614 e. The minimum atomic E-state index is 0.563. The van der Waals surface area contributed by atoms with Gasteiger partial charge >= 0.3 is 0 Å². The summed E-state index contributed by atoms with van der Waals surface area (Å²) < 4.78 is 0. The molecule has 0 heteroatoms. The van der Waals surface area contributed by atoms with Gasteiger partial charge in [0.05, 0.1) is 0 Å². The molecule has 0 aromatic heterocycles. The van der Waals surface area contributed by atoms with Gasteiger partial charge in [-0.05, 0) is 50.9 Å². The molecule has 0 fully saturated rings. The molecule has 22 heavy (non-hydrogen) atoms. The molecule has 0 saturated heterocycles. The van der Waals surface area contributed by atoms with Gasteiger partial charge in [-0.1, -0.05) is 82.3 Å². The van der Waals surface area contributed by atoms with Crippen molar-refractivity contribution in [3.8, 4) is 11.1 Å². The van der Waals surface area contributed by atoms with Gasteiger partial charge < -0.3 is 0 Å². The third-order valence-electron chi connectivity index (χ3n) is 4.42. The molecule has 3 aromatic carbocycles. The van der Waals surface area contributed by atoms with Gasteiger partial charge in [-0.15, -0.1) is 0 Å². The van der Waals surface area contributed by atoms with Gasteiger partial charge in [-0.2, -0.15) is 0 Å². The van der Waals surface area contributed by atoms with Gasteiger partial charge in [-0.3, -0.25) is 0 Å². The van der Waals surface area contributed by atoms with Crippen molar-refractivity contribution < 1.29 is 0 Å². The van der Waals surface area contributed by atoms with Gasteiger partial charge in [0.1, 0.15) is 0 Å². The van der Waals surface area contributed by atoms with Crippen molar-refractivity contribution in [2.45, 2.75) is 39.5 Å². The quantitative estimate of drug-likeness (QED) is 0.500. The number of rotatable bonds is 3. The van der Waals surface area contributed by atoms with Crippen LogP contribution in [-0.2, 0) is 0 Å².